The number of nitrogens with zero attached hydrogens (tertiary/aromatic N) is 2. The number of carbonyl (C=O) groups is 2. The van der Waals surface area contributed by atoms with Gasteiger partial charge in [-0.3, -0.25) is 9.69 Å². The number of benzene rings is 2. The first kappa shape index (κ1) is 21.5. The number of rotatable bonds is 4. The van der Waals surface area contributed by atoms with Crippen LogP contribution < -0.4 is 4.90 Å². The molecule has 5 nitrogen and oxygen atoms in total. The summed E-state index contributed by atoms with van der Waals surface area (Å²) in [6.07, 6.45) is 0. The summed E-state index contributed by atoms with van der Waals surface area (Å²) in [4.78, 5) is 27.9. The molecule has 1 N–H and O–H groups in total. The first-order valence-electron chi connectivity index (χ1n) is 9.39. The molecule has 154 valence electrons. The van der Waals surface area contributed by atoms with E-state index in [-0.39, 0.29) is 30.5 Å². The van der Waals surface area contributed by atoms with Gasteiger partial charge in [-0.15, -0.1) is 0 Å². The molecule has 0 saturated heterocycles. The molecule has 0 fully saturated rings. The number of carboxylic acids is 1. The zero-order valence-electron chi connectivity index (χ0n) is 16.7. The predicted octanol–water partition coefficient (Wildman–Crippen LogP) is 5.50. The van der Waals surface area contributed by atoms with Gasteiger partial charge < -0.3 is 10.0 Å². The Morgan fingerprint density at radius 1 is 1.14 bits per heavy atom. The molecule has 2 aromatic carbocycles. The Kier molecular flexibility index (Phi) is 6.11. The Hall–Kier alpha value is -2.24. The van der Waals surface area contributed by atoms with E-state index < -0.39 is 5.97 Å². The van der Waals surface area contributed by atoms with E-state index in [1.54, 1.807) is 17.0 Å². The number of hydrogen-bond donors (Lipinski definition) is 1. The van der Waals surface area contributed by atoms with E-state index in [2.05, 4.69) is 0 Å². The van der Waals surface area contributed by atoms with Crippen LogP contribution in [0.2, 0.25) is 10.0 Å². The molecular formula is C22H24Cl2N2O3. The molecule has 0 aliphatic carbocycles. The highest BCUT2D eigenvalue weighted by Gasteiger charge is 2.36. The summed E-state index contributed by atoms with van der Waals surface area (Å²) in [5.74, 6) is -1.36. The lowest BCUT2D eigenvalue weighted by molar-refractivity contribution is -0.137. The number of carbonyl (C=O) groups excluding carboxylic acids is 1. The molecule has 1 atom stereocenters. The standard InChI is InChI=1S/C22H24Cl2N2O3/c1-22(2,3)13-26-19-9-8-14(23)10-16(19)17(15-6-4-5-7-18(15)24)11-25(21(26)29)12-20(27)28/h4-10,17H,11-13H2,1-3H3,(H,27,28). The van der Waals surface area contributed by atoms with E-state index in [4.69, 9.17) is 23.2 Å². The second-order valence-corrected chi connectivity index (χ2v) is 9.32. The summed E-state index contributed by atoms with van der Waals surface area (Å²) in [6.45, 7) is 6.35. The Morgan fingerprint density at radius 3 is 2.45 bits per heavy atom. The second kappa shape index (κ2) is 8.25. The van der Waals surface area contributed by atoms with Crippen LogP contribution in [0.15, 0.2) is 42.5 Å². The van der Waals surface area contributed by atoms with E-state index in [1.165, 1.54) is 4.90 Å². The summed E-state index contributed by atoms with van der Waals surface area (Å²) in [7, 11) is 0. The number of aliphatic carboxylic acids is 1. The Balaban J connectivity index is 2.22. The van der Waals surface area contributed by atoms with Crippen LogP contribution in [0.5, 0.6) is 0 Å². The maximum Gasteiger partial charge on any atom is 0.325 e. The number of carboxylic acid groups (broad SMARTS) is 1. The van der Waals surface area contributed by atoms with E-state index in [1.807, 2.05) is 51.1 Å². The fraction of sp³-hybridized carbons (Fsp3) is 0.364. The van der Waals surface area contributed by atoms with Crippen LogP contribution in [0.1, 0.15) is 37.8 Å². The minimum atomic E-state index is -1.06. The quantitative estimate of drug-likeness (QED) is 0.690. The maximum atomic E-state index is 13.4. The minimum absolute atomic E-state index is 0.189. The maximum absolute atomic E-state index is 13.4. The van der Waals surface area contributed by atoms with Crippen molar-refractivity contribution in [3.05, 3.63) is 63.6 Å². The van der Waals surface area contributed by atoms with E-state index in [9.17, 15) is 14.7 Å². The van der Waals surface area contributed by atoms with Crippen LogP contribution in [0.25, 0.3) is 0 Å². The van der Waals surface area contributed by atoms with Crippen LogP contribution in [0.3, 0.4) is 0 Å². The predicted molar refractivity (Wildman–Crippen MR) is 116 cm³/mol. The van der Waals surface area contributed by atoms with E-state index >= 15 is 0 Å². The molecule has 1 aliphatic heterocycles. The summed E-state index contributed by atoms with van der Waals surface area (Å²) in [5.41, 5.74) is 2.23. The van der Waals surface area contributed by atoms with Gasteiger partial charge in [0.15, 0.2) is 0 Å². The summed E-state index contributed by atoms with van der Waals surface area (Å²) in [6, 6.07) is 12.5. The third-order valence-electron chi connectivity index (χ3n) is 4.80. The topological polar surface area (TPSA) is 60.9 Å². The Bertz CT molecular complexity index is 940. The molecule has 2 aromatic rings. The average Bonchev–Trinajstić information content (AvgIpc) is 2.71. The summed E-state index contributed by atoms with van der Waals surface area (Å²) >= 11 is 12.8. The van der Waals surface area contributed by atoms with Crippen molar-refractivity contribution in [1.82, 2.24) is 4.90 Å². The van der Waals surface area contributed by atoms with Crippen molar-refractivity contribution in [2.45, 2.75) is 26.7 Å². The van der Waals surface area contributed by atoms with Gasteiger partial charge in [-0.05, 0) is 40.8 Å². The zero-order valence-corrected chi connectivity index (χ0v) is 18.2. The van der Waals surface area contributed by atoms with E-state index in [0.717, 1.165) is 16.8 Å². The van der Waals surface area contributed by atoms with Gasteiger partial charge in [-0.2, -0.15) is 0 Å². The van der Waals surface area contributed by atoms with Crippen molar-refractivity contribution in [3.63, 3.8) is 0 Å². The lowest BCUT2D eigenvalue weighted by Gasteiger charge is -2.32. The highest BCUT2D eigenvalue weighted by atomic mass is 35.5. The fourth-order valence-corrected chi connectivity index (χ4v) is 4.12. The van der Waals surface area contributed by atoms with Crippen molar-refractivity contribution in [2.24, 2.45) is 5.41 Å². The lowest BCUT2D eigenvalue weighted by Crippen LogP contribution is -2.47. The van der Waals surface area contributed by atoms with Crippen LogP contribution >= 0.6 is 23.2 Å². The minimum Gasteiger partial charge on any atom is -0.480 e. The van der Waals surface area contributed by atoms with Crippen molar-refractivity contribution in [3.8, 4) is 0 Å². The van der Waals surface area contributed by atoms with Crippen LogP contribution in [-0.2, 0) is 4.79 Å². The SMILES string of the molecule is CC(C)(C)CN1C(=O)N(CC(=O)O)CC(c2ccccc2Cl)c2cc(Cl)ccc21. The highest BCUT2D eigenvalue weighted by molar-refractivity contribution is 6.31. The van der Waals surface area contributed by atoms with Crippen molar-refractivity contribution in [1.29, 1.82) is 0 Å². The molecule has 2 amide bonds. The molecule has 1 heterocycles. The number of fused-ring (bicyclic) bond motifs is 1. The van der Waals surface area contributed by atoms with Gasteiger partial charge in [-0.1, -0.05) is 62.2 Å². The molecule has 1 unspecified atom stereocenters. The largest absolute Gasteiger partial charge is 0.480 e. The number of urea groups is 1. The lowest BCUT2D eigenvalue weighted by atomic mass is 9.89. The van der Waals surface area contributed by atoms with Gasteiger partial charge in [0.1, 0.15) is 6.54 Å². The van der Waals surface area contributed by atoms with Crippen LogP contribution in [0, 0.1) is 5.41 Å². The van der Waals surface area contributed by atoms with Gasteiger partial charge in [0, 0.05) is 34.7 Å². The van der Waals surface area contributed by atoms with E-state index in [0.29, 0.717) is 16.6 Å². The Labute approximate surface area is 180 Å². The molecule has 1 aliphatic rings. The monoisotopic (exact) mass is 434 g/mol. The van der Waals surface area contributed by atoms with Gasteiger partial charge in [-0.25, -0.2) is 4.79 Å². The smallest absolute Gasteiger partial charge is 0.325 e. The van der Waals surface area contributed by atoms with Crippen molar-refractivity contribution >= 4 is 40.9 Å². The van der Waals surface area contributed by atoms with Crippen molar-refractivity contribution in [2.75, 3.05) is 24.5 Å². The molecule has 7 heteroatoms. The average molecular weight is 435 g/mol. The summed E-state index contributed by atoms with van der Waals surface area (Å²) in [5, 5.41) is 10.5. The molecule has 0 radical (unpaired) electrons. The normalized spacial score (nSPS) is 17.1. The fourth-order valence-electron chi connectivity index (χ4n) is 3.67. The van der Waals surface area contributed by atoms with Gasteiger partial charge in [0.25, 0.3) is 0 Å². The number of amides is 2. The molecule has 0 spiro atoms. The van der Waals surface area contributed by atoms with Gasteiger partial charge >= 0.3 is 12.0 Å². The molecule has 3 rings (SSSR count). The van der Waals surface area contributed by atoms with Gasteiger partial charge in [0.2, 0.25) is 0 Å². The number of hydrogen-bond acceptors (Lipinski definition) is 2. The van der Waals surface area contributed by atoms with Crippen LogP contribution in [-0.4, -0.2) is 41.6 Å². The molecule has 0 aromatic heterocycles. The highest BCUT2D eigenvalue weighted by Crippen LogP contribution is 2.41. The molecule has 0 saturated carbocycles. The Morgan fingerprint density at radius 2 is 1.83 bits per heavy atom. The molecular weight excluding hydrogens is 411 g/mol. The van der Waals surface area contributed by atoms with Crippen LogP contribution in [0.4, 0.5) is 10.5 Å². The first-order valence-corrected chi connectivity index (χ1v) is 10.1. The molecule has 29 heavy (non-hydrogen) atoms. The third-order valence-corrected chi connectivity index (χ3v) is 5.38. The zero-order chi connectivity index (χ0) is 21.3. The number of anilines is 1. The third kappa shape index (κ3) is 4.85. The molecule has 0 bridgehead atoms. The second-order valence-electron chi connectivity index (χ2n) is 8.48. The van der Waals surface area contributed by atoms with Crippen molar-refractivity contribution < 1.29 is 14.7 Å². The summed E-state index contributed by atoms with van der Waals surface area (Å²) < 4.78 is 0. The number of halogens is 2. The first-order chi connectivity index (χ1) is 13.6. The van der Waals surface area contributed by atoms with Gasteiger partial charge in [0.05, 0.1) is 0 Å².